The maximum Gasteiger partial charge on any atom is 0.286 e. The molecule has 2 amide bonds. The Kier molecular flexibility index (Phi) is 5.28. The lowest BCUT2D eigenvalue weighted by Gasteiger charge is -2.02. The molecule has 26 heavy (non-hydrogen) atoms. The molecule has 0 bridgehead atoms. The Bertz CT molecular complexity index is 927. The summed E-state index contributed by atoms with van der Waals surface area (Å²) in [5.74, 6) is -1.71. The van der Waals surface area contributed by atoms with Gasteiger partial charge in [0.1, 0.15) is 16.6 Å². The van der Waals surface area contributed by atoms with E-state index in [0.29, 0.717) is 16.3 Å². The summed E-state index contributed by atoms with van der Waals surface area (Å²) in [7, 11) is 0. The van der Waals surface area contributed by atoms with Gasteiger partial charge >= 0.3 is 0 Å². The van der Waals surface area contributed by atoms with Gasteiger partial charge in [-0.25, -0.2) is 8.78 Å². The van der Waals surface area contributed by atoms with Gasteiger partial charge in [-0.3, -0.25) is 9.59 Å². The fourth-order valence-corrected chi connectivity index (χ4v) is 2.67. The van der Waals surface area contributed by atoms with Crippen LogP contribution in [0.15, 0.2) is 48.5 Å². The molecule has 0 saturated carbocycles. The van der Waals surface area contributed by atoms with Crippen LogP contribution in [0.4, 0.5) is 14.5 Å². The van der Waals surface area contributed by atoms with E-state index in [1.807, 2.05) is 0 Å². The van der Waals surface area contributed by atoms with Gasteiger partial charge in [0.25, 0.3) is 11.8 Å². The molecule has 0 unspecified atom stereocenters. The number of amides is 2. The van der Waals surface area contributed by atoms with Gasteiger partial charge in [0.05, 0.1) is 6.54 Å². The first-order valence-corrected chi connectivity index (χ1v) is 8.26. The molecule has 1 heterocycles. The van der Waals surface area contributed by atoms with E-state index in [1.54, 1.807) is 0 Å². The van der Waals surface area contributed by atoms with Crippen LogP contribution in [0.3, 0.4) is 0 Å². The van der Waals surface area contributed by atoms with Crippen molar-refractivity contribution in [2.45, 2.75) is 6.54 Å². The van der Waals surface area contributed by atoms with Crippen molar-refractivity contribution < 1.29 is 18.4 Å². The van der Waals surface area contributed by atoms with Crippen LogP contribution >= 0.6 is 11.3 Å². The Balaban J connectivity index is 1.57. The van der Waals surface area contributed by atoms with Gasteiger partial charge < -0.3 is 10.6 Å². The molecule has 0 aliphatic rings. The van der Waals surface area contributed by atoms with Crippen LogP contribution in [0.2, 0.25) is 0 Å². The molecule has 3 rings (SSSR count). The van der Waals surface area contributed by atoms with Gasteiger partial charge in [0.15, 0.2) is 0 Å². The molecule has 6 nitrogen and oxygen atoms in total. The molecule has 0 aliphatic heterocycles. The summed E-state index contributed by atoms with van der Waals surface area (Å²) in [5.41, 5.74) is 0.739. The Labute approximate surface area is 150 Å². The summed E-state index contributed by atoms with van der Waals surface area (Å²) in [5, 5.41) is 13.4. The van der Waals surface area contributed by atoms with Gasteiger partial charge in [-0.15, -0.1) is 10.2 Å². The fourth-order valence-electron chi connectivity index (χ4n) is 1.99. The number of halogens is 2. The smallest absolute Gasteiger partial charge is 0.286 e. The normalized spacial score (nSPS) is 10.4. The van der Waals surface area contributed by atoms with Gasteiger partial charge in [-0.2, -0.15) is 0 Å². The Morgan fingerprint density at radius 3 is 2.15 bits per heavy atom. The van der Waals surface area contributed by atoms with Crippen LogP contribution in [0.25, 0.3) is 0 Å². The van der Waals surface area contributed by atoms with Crippen molar-refractivity contribution >= 4 is 28.8 Å². The first-order chi connectivity index (χ1) is 12.5. The lowest BCUT2D eigenvalue weighted by Crippen LogP contribution is -2.22. The molecule has 132 valence electrons. The zero-order chi connectivity index (χ0) is 18.5. The van der Waals surface area contributed by atoms with Crippen LogP contribution in [0, 0.1) is 11.6 Å². The van der Waals surface area contributed by atoms with Crippen LogP contribution in [-0.2, 0) is 6.54 Å². The molecule has 0 spiro atoms. The highest BCUT2D eigenvalue weighted by atomic mass is 32.1. The quantitative estimate of drug-likeness (QED) is 0.719. The van der Waals surface area contributed by atoms with Gasteiger partial charge in [-0.05, 0) is 48.5 Å². The summed E-state index contributed by atoms with van der Waals surface area (Å²) in [4.78, 5) is 24.0. The first kappa shape index (κ1) is 17.6. The number of carbonyl (C=O) groups is 2. The summed E-state index contributed by atoms with van der Waals surface area (Å²) in [6.45, 7) is 0.0811. The molecule has 2 N–H and O–H groups in total. The molecule has 3 aromatic rings. The van der Waals surface area contributed by atoms with Crippen molar-refractivity contribution in [1.82, 2.24) is 15.5 Å². The fraction of sp³-hybridized carbons (Fsp3) is 0.0588. The van der Waals surface area contributed by atoms with E-state index >= 15 is 0 Å². The van der Waals surface area contributed by atoms with Crippen LogP contribution in [0.1, 0.15) is 25.2 Å². The zero-order valence-electron chi connectivity index (χ0n) is 13.2. The molecule has 0 fully saturated rings. The molecule has 1 aromatic heterocycles. The highest BCUT2D eigenvalue weighted by Gasteiger charge is 2.14. The van der Waals surface area contributed by atoms with E-state index < -0.39 is 23.4 Å². The zero-order valence-corrected chi connectivity index (χ0v) is 14.0. The summed E-state index contributed by atoms with van der Waals surface area (Å²) in [6, 6.07) is 10.4. The van der Waals surface area contributed by atoms with E-state index in [4.69, 9.17) is 0 Å². The van der Waals surface area contributed by atoms with Crippen molar-refractivity contribution in [1.29, 1.82) is 0 Å². The topological polar surface area (TPSA) is 84.0 Å². The summed E-state index contributed by atoms with van der Waals surface area (Å²) < 4.78 is 25.7. The SMILES string of the molecule is O=C(NCc1nnc(C(=O)Nc2ccc(F)cc2)s1)c1ccc(F)cc1. The van der Waals surface area contributed by atoms with E-state index in [9.17, 15) is 18.4 Å². The molecule has 0 radical (unpaired) electrons. The Morgan fingerprint density at radius 2 is 1.50 bits per heavy atom. The second-order valence-electron chi connectivity index (χ2n) is 5.15. The van der Waals surface area contributed by atoms with Gasteiger partial charge in [0, 0.05) is 11.3 Å². The van der Waals surface area contributed by atoms with Crippen molar-refractivity contribution in [3.05, 3.63) is 75.7 Å². The third kappa shape index (κ3) is 4.45. The number of carbonyl (C=O) groups excluding carboxylic acids is 2. The minimum Gasteiger partial charge on any atom is -0.345 e. The molecular weight excluding hydrogens is 362 g/mol. The minimum atomic E-state index is -0.481. The number of benzene rings is 2. The van der Waals surface area contributed by atoms with Crippen molar-refractivity contribution in [2.75, 3.05) is 5.32 Å². The molecule has 9 heteroatoms. The second kappa shape index (κ2) is 7.79. The first-order valence-electron chi connectivity index (χ1n) is 7.44. The van der Waals surface area contributed by atoms with E-state index in [0.717, 1.165) is 11.3 Å². The summed E-state index contributed by atoms with van der Waals surface area (Å²) >= 11 is 1.02. The average Bonchev–Trinajstić information content (AvgIpc) is 3.11. The highest BCUT2D eigenvalue weighted by molar-refractivity contribution is 7.13. The second-order valence-corrected chi connectivity index (χ2v) is 6.21. The number of hydrogen-bond donors (Lipinski definition) is 2. The van der Waals surface area contributed by atoms with Crippen LogP contribution < -0.4 is 10.6 Å². The molecule has 0 atom stereocenters. The van der Waals surface area contributed by atoms with E-state index in [1.165, 1.54) is 48.5 Å². The third-order valence-electron chi connectivity index (χ3n) is 3.27. The third-order valence-corrected chi connectivity index (χ3v) is 4.19. The molecule has 0 aliphatic carbocycles. The lowest BCUT2D eigenvalue weighted by atomic mass is 10.2. The predicted octanol–water partition coefficient (Wildman–Crippen LogP) is 3.00. The highest BCUT2D eigenvalue weighted by Crippen LogP contribution is 2.14. The van der Waals surface area contributed by atoms with Crippen LogP contribution in [0.5, 0.6) is 0 Å². The molecule has 0 saturated heterocycles. The average molecular weight is 374 g/mol. The Morgan fingerprint density at radius 1 is 0.885 bits per heavy atom. The largest absolute Gasteiger partial charge is 0.345 e. The van der Waals surface area contributed by atoms with Crippen LogP contribution in [-0.4, -0.2) is 22.0 Å². The van der Waals surface area contributed by atoms with Gasteiger partial charge in [0.2, 0.25) is 5.01 Å². The molecule has 2 aromatic carbocycles. The number of anilines is 1. The van der Waals surface area contributed by atoms with E-state index in [2.05, 4.69) is 20.8 Å². The summed E-state index contributed by atoms with van der Waals surface area (Å²) in [6.07, 6.45) is 0. The van der Waals surface area contributed by atoms with Crippen molar-refractivity contribution in [3.63, 3.8) is 0 Å². The number of aromatic nitrogens is 2. The monoisotopic (exact) mass is 374 g/mol. The van der Waals surface area contributed by atoms with Crippen molar-refractivity contribution in [3.8, 4) is 0 Å². The maximum atomic E-state index is 12.9. The van der Waals surface area contributed by atoms with Crippen molar-refractivity contribution in [2.24, 2.45) is 0 Å². The maximum absolute atomic E-state index is 12.9. The Hall–Kier alpha value is -3.20. The van der Waals surface area contributed by atoms with E-state index in [-0.39, 0.29) is 11.6 Å². The minimum absolute atomic E-state index is 0.0811. The molecular formula is C17H12F2N4O2S. The number of hydrogen-bond acceptors (Lipinski definition) is 5. The predicted molar refractivity (Wildman–Crippen MR) is 91.8 cm³/mol. The standard InChI is InChI=1S/C17H12F2N4O2S/c18-11-3-1-10(2-4-11)15(24)20-9-14-22-23-17(26-14)16(25)21-13-7-5-12(19)6-8-13/h1-8H,9H2,(H,20,24)(H,21,25). The number of rotatable bonds is 5. The van der Waals surface area contributed by atoms with Gasteiger partial charge in [-0.1, -0.05) is 11.3 Å². The number of nitrogens with one attached hydrogen (secondary N) is 2. The number of nitrogens with zero attached hydrogens (tertiary/aromatic N) is 2. The lowest BCUT2D eigenvalue weighted by molar-refractivity contribution is 0.0949.